The SMILES string of the molecule is [2H]C(C)(C)c1ccnc(-c2[c-]cc3oc4ccc(-c5ccccc5)nc4c3c2)c1.[2H]C(C)(c1ccccc1)c1cc(-c2[c-]cccc2)ncc1[Si](C)(C)C.[Ir]. The molecule has 0 saturated heterocycles. The average molecular weight is 888 g/mol. The predicted octanol–water partition coefficient (Wildman–Crippen LogP) is 11.9. The van der Waals surface area contributed by atoms with Gasteiger partial charge in [-0.3, -0.25) is 0 Å². The molecule has 6 heteroatoms. The Labute approximate surface area is 330 Å². The molecule has 1 unspecified atom stereocenters. The van der Waals surface area contributed by atoms with E-state index in [0.29, 0.717) is 0 Å². The van der Waals surface area contributed by atoms with Crippen LogP contribution in [0, 0.1) is 12.1 Å². The van der Waals surface area contributed by atoms with Gasteiger partial charge in [0.2, 0.25) is 0 Å². The van der Waals surface area contributed by atoms with E-state index in [1.807, 2.05) is 148 Å². The van der Waals surface area contributed by atoms with Gasteiger partial charge in [0, 0.05) is 46.7 Å². The van der Waals surface area contributed by atoms with Gasteiger partial charge in [-0.15, -0.1) is 59.7 Å². The molecule has 4 heterocycles. The van der Waals surface area contributed by atoms with Gasteiger partial charge in [-0.05, 0) is 57.2 Å². The second kappa shape index (κ2) is 16.3. The second-order valence-corrected chi connectivity index (χ2v) is 19.2. The fourth-order valence-corrected chi connectivity index (χ4v) is 7.82. The molecule has 4 nitrogen and oxygen atoms in total. The summed E-state index contributed by atoms with van der Waals surface area (Å²) in [6.07, 6.45) is 3.74. The zero-order valence-electron chi connectivity index (χ0n) is 32.9. The Morgan fingerprint density at radius 3 is 2.09 bits per heavy atom. The average Bonchev–Trinajstić information content (AvgIpc) is 3.55. The molecule has 0 aliphatic carbocycles. The van der Waals surface area contributed by atoms with E-state index in [-0.39, 0.29) is 20.1 Å². The van der Waals surface area contributed by atoms with Gasteiger partial charge in [0.15, 0.2) is 0 Å². The zero-order chi connectivity index (χ0) is 38.1. The summed E-state index contributed by atoms with van der Waals surface area (Å²) in [4.78, 5) is 14.1. The number of benzene rings is 4. The van der Waals surface area contributed by atoms with Crippen LogP contribution in [0.15, 0.2) is 144 Å². The standard InChI is InChI=1S/C25H19N2O.C22H24NSi.Ir/c1-16(2)18-12-13-26-22(15-18)19-8-10-23-20(14-19)25-24(28-23)11-9-21(27-25)17-6-4-3-5-7-17;1-17(18-11-7-5-8-12-18)20-15-21(19-13-9-6-10-14-19)23-16-22(20)24(2,3)4;/h3-7,9-16H,1-2H3;5-13,15-17H,1-4H3;/q2*-1;/i16D;17D;. The molecule has 0 amide bonds. The van der Waals surface area contributed by atoms with Crippen LogP contribution in [-0.4, -0.2) is 23.0 Å². The summed E-state index contributed by atoms with van der Waals surface area (Å²) in [5, 5.41) is 2.18. The van der Waals surface area contributed by atoms with Crippen molar-refractivity contribution in [3.63, 3.8) is 0 Å². The number of furan rings is 1. The first-order valence-electron chi connectivity index (χ1n) is 18.6. The Balaban J connectivity index is 0.000000186. The van der Waals surface area contributed by atoms with Crippen molar-refractivity contribution in [2.24, 2.45) is 0 Å². The first-order chi connectivity index (χ1) is 25.8. The number of pyridine rings is 3. The van der Waals surface area contributed by atoms with Crippen LogP contribution >= 0.6 is 0 Å². The van der Waals surface area contributed by atoms with Crippen LogP contribution in [0.2, 0.25) is 19.6 Å². The summed E-state index contributed by atoms with van der Waals surface area (Å²) in [5.41, 5.74) is 10.8. The quantitative estimate of drug-likeness (QED) is 0.118. The maximum absolute atomic E-state index is 9.17. The maximum Gasteiger partial charge on any atom is 0.139 e. The van der Waals surface area contributed by atoms with Crippen molar-refractivity contribution in [3.05, 3.63) is 169 Å². The van der Waals surface area contributed by atoms with Crippen LogP contribution in [0.4, 0.5) is 0 Å². The van der Waals surface area contributed by atoms with Crippen molar-refractivity contribution in [2.75, 3.05) is 0 Å². The van der Waals surface area contributed by atoms with Crippen LogP contribution < -0.4 is 5.19 Å². The number of aromatic nitrogens is 3. The van der Waals surface area contributed by atoms with Gasteiger partial charge in [-0.1, -0.05) is 119 Å². The Bertz CT molecular complexity index is 2550. The van der Waals surface area contributed by atoms with Crippen LogP contribution in [0.1, 0.15) is 52.0 Å². The smallest absolute Gasteiger partial charge is 0.139 e. The molecule has 53 heavy (non-hydrogen) atoms. The Morgan fingerprint density at radius 2 is 1.40 bits per heavy atom. The van der Waals surface area contributed by atoms with E-state index in [9.17, 15) is 1.37 Å². The normalized spacial score (nSPS) is 13.2. The van der Waals surface area contributed by atoms with Gasteiger partial charge in [0.25, 0.3) is 0 Å². The molecule has 0 bridgehead atoms. The summed E-state index contributed by atoms with van der Waals surface area (Å²) >= 11 is 0. The first kappa shape index (κ1) is 35.0. The Morgan fingerprint density at radius 1 is 0.679 bits per heavy atom. The first-order valence-corrected chi connectivity index (χ1v) is 21.1. The van der Waals surface area contributed by atoms with Gasteiger partial charge in [-0.2, -0.15) is 0 Å². The number of hydrogen-bond donors (Lipinski definition) is 0. The molecule has 4 aromatic carbocycles. The molecular weight excluding hydrogens is 843 g/mol. The fourth-order valence-electron chi connectivity index (χ4n) is 6.30. The van der Waals surface area contributed by atoms with Crippen molar-refractivity contribution in [3.8, 4) is 33.8 Å². The molecular formula is C47H43IrN3OSi-2. The van der Waals surface area contributed by atoms with Crippen LogP contribution in [0.3, 0.4) is 0 Å². The Hall–Kier alpha value is -5.00. The number of fused-ring (bicyclic) bond motifs is 3. The minimum atomic E-state index is -1.64. The molecule has 8 rings (SSSR count). The zero-order valence-corrected chi connectivity index (χ0v) is 34.3. The summed E-state index contributed by atoms with van der Waals surface area (Å²) in [5.74, 6) is -1.50. The van der Waals surface area contributed by atoms with E-state index in [0.717, 1.165) is 72.5 Å². The van der Waals surface area contributed by atoms with Crippen molar-refractivity contribution in [1.82, 2.24) is 15.0 Å². The molecule has 0 fully saturated rings. The fraction of sp³-hybridized carbons (Fsp3) is 0.170. The van der Waals surface area contributed by atoms with E-state index in [4.69, 9.17) is 15.8 Å². The van der Waals surface area contributed by atoms with E-state index in [2.05, 4.69) is 42.8 Å². The largest absolute Gasteiger partial charge is 0.499 e. The van der Waals surface area contributed by atoms with E-state index in [1.54, 1.807) is 6.20 Å². The third-order valence-corrected chi connectivity index (χ3v) is 11.3. The molecule has 0 aliphatic rings. The van der Waals surface area contributed by atoms with Crippen LogP contribution in [0.25, 0.3) is 55.8 Å². The monoisotopic (exact) mass is 888 g/mol. The van der Waals surface area contributed by atoms with E-state index in [1.165, 1.54) is 5.19 Å². The molecule has 8 aromatic rings. The van der Waals surface area contributed by atoms with Crippen LogP contribution in [0.5, 0.6) is 0 Å². The third kappa shape index (κ3) is 8.47. The summed E-state index contributed by atoms with van der Waals surface area (Å²) in [6.45, 7) is 12.7. The molecule has 1 atom stereocenters. The van der Waals surface area contributed by atoms with Gasteiger partial charge in [0.1, 0.15) is 5.58 Å². The molecule has 0 spiro atoms. The van der Waals surface area contributed by atoms with Crippen molar-refractivity contribution < 1.29 is 27.3 Å². The third-order valence-electron chi connectivity index (χ3n) is 9.24. The van der Waals surface area contributed by atoms with Gasteiger partial charge >= 0.3 is 0 Å². The molecule has 0 aliphatic heterocycles. The minimum absolute atomic E-state index is 0. The number of rotatable bonds is 7. The Kier molecular flexibility index (Phi) is 10.8. The van der Waals surface area contributed by atoms with E-state index >= 15 is 0 Å². The molecule has 267 valence electrons. The topological polar surface area (TPSA) is 51.8 Å². The number of nitrogens with zero attached hydrogens (tertiary/aromatic N) is 3. The molecule has 1 radical (unpaired) electrons. The summed E-state index contributed by atoms with van der Waals surface area (Å²) in [7, 11) is -1.64. The predicted molar refractivity (Wildman–Crippen MR) is 219 cm³/mol. The molecule has 0 N–H and O–H groups in total. The van der Waals surface area contributed by atoms with Crippen molar-refractivity contribution in [2.45, 2.75) is 52.2 Å². The second-order valence-electron chi connectivity index (χ2n) is 14.2. The van der Waals surface area contributed by atoms with Gasteiger partial charge in [-0.25, -0.2) is 4.98 Å². The number of hydrogen-bond acceptors (Lipinski definition) is 4. The minimum Gasteiger partial charge on any atom is -0.499 e. The summed E-state index contributed by atoms with van der Waals surface area (Å²) in [6, 6.07) is 48.3. The van der Waals surface area contributed by atoms with Crippen LogP contribution in [-0.2, 0) is 20.1 Å². The van der Waals surface area contributed by atoms with E-state index < -0.39 is 19.9 Å². The molecule has 0 saturated carbocycles. The van der Waals surface area contributed by atoms with Crippen molar-refractivity contribution in [1.29, 1.82) is 0 Å². The van der Waals surface area contributed by atoms with Gasteiger partial charge < -0.3 is 14.4 Å². The molecule has 4 aromatic heterocycles. The maximum atomic E-state index is 9.17. The van der Waals surface area contributed by atoms with Crippen molar-refractivity contribution >= 4 is 35.3 Å². The summed E-state index contributed by atoms with van der Waals surface area (Å²) < 4.78 is 23.4. The van der Waals surface area contributed by atoms with Gasteiger partial charge in [0.05, 0.1) is 24.9 Å².